The van der Waals surface area contributed by atoms with E-state index in [0.717, 1.165) is 22.6 Å². The molecule has 0 nitrogen and oxygen atoms in total. The highest BCUT2D eigenvalue weighted by molar-refractivity contribution is 7.99. The van der Waals surface area contributed by atoms with Crippen LogP contribution >= 0.6 is 11.8 Å². The maximum Gasteiger partial charge on any atom is 0.137 e. The molecule has 0 aliphatic rings. The van der Waals surface area contributed by atoms with Gasteiger partial charge in [-0.15, -0.1) is 0 Å². The molecule has 0 spiro atoms. The van der Waals surface area contributed by atoms with Crippen LogP contribution < -0.4 is 0 Å². The third-order valence-electron chi connectivity index (χ3n) is 2.14. The normalized spacial score (nSPS) is 10.4. The van der Waals surface area contributed by atoms with E-state index in [-0.39, 0.29) is 0 Å². The molecule has 0 fully saturated rings. The Labute approximate surface area is 97.3 Å². The predicted octanol–water partition coefficient (Wildman–Crippen LogP) is 4.42. The van der Waals surface area contributed by atoms with E-state index in [9.17, 15) is 8.78 Å². The summed E-state index contributed by atoms with van der Waals surface area (Å²) in [6, 6.07) is 11.1. The van der Waals surface area contributed by atoms with E-state index in [1.54, 1.807) is 0 Å². The van der Waals surface area contributed by atoms with Crippen LogP contribution in [0, 0.1) is 18.6 Å². The molecule has 0 saturated heterocycles. The second kappa shape index (κ2) is 4.66. The van der Waals surface area contributed by atoms with E-state index in [1.165, 1.54) is 17.8 Å². The Morgan fingerprint density at radius 3 is 2.31 bits per heavy atom. The smallest absolute Gasteiger partial charge is 0.137 e. The van der Waals surface area contributed by atoms with E-state index in [0.29, 0.717) is 4.90 Å². The highest BCUT2D eigenvalue weighted by Crippen LogP contribution is 2.30. The van der Waals surface area contributed by atoms with E-state index in [1.807, 2.05) is 31.2 Å². The van der Waals surface area contributed by atoms with Gasteiger partial charge in [0.25, 0.3) is 0 Å². The molecule has 0 heterocycles. The van der Waals surface area contributed by atoms with Crippen molar-refractivity contribution in [1.29, 1.82) is 0 Å². The first kappa shape index (κ1) is 11.1. The Morgan fingerprint density at radius 1 is 0.938 bits per heavy atom. The Hall–Kier alpha value is -1.35. The first-order valence-electron chi connectivity index (χ1n) is 4.85. The van der Waals surface area contributed by atoms with Gasteiger partial charge in [0.15, 0.2) is 0 Å². The third kappa shape index (κ3) is 2.61. The van der Waals surface area contributed by atoms with Gasteiger partial charge in [0.1, 0.15) is 11.6 Å². The number of rotatable bonds is 2. The number of aryl methyl sites for hydroxylation is 1. The first-order valence-corrected chi connectivity index (χ1v) is 5.66. The van der Waals surface area contributed by atoms with Gasteiger partial charge in [-0.2, -0.15) is 0 Å². The van der Waals surface area contributed by atoms with Gasteiger partial charge in [0.2, 0.25) is 0 Å². The van der Waals surface area contributed by atoms with Crippen molar-refractivity contribution in [2.45, 2.75) is 16.7 Å². The summed E-state index contributed by atoms with van der Waals surface area (Å²) in [6.07, 6.45) is 0. The van der Waals surface area contributed by atoms with E-state index < -0.39 is 11.6 Å². The zero-order chi connectivity index (χ0) is 11.5. The van der Waals surface area contributed by atoms with Gasteiger partial charge in [-0.25, -0.2) is 8.78 Å². The second-order valence-electron chi connectivity index (χ2n) is 3.49. The van der Waals surface area contributed by atoms with Gasteiger partial charge in [-0.05, 0) is 37.3 Å². The van der Waals surface area contributed by atoms with Crippen LogP contribution in [0.1, 0.15) is 5.56 Å². The highest BCUT2D eigenvalue weighted by Gasteiger charge is 2.05. The van der Waals surface area contributed by atoms with Crippen LogP contribution in [0.3, 0.4) is 0 Å². The standard InChI is InChI=1S/C13H10F2S/c1-9-2-5-11(6-3-9)16-13-8-10(14)4-7-12(13)15/h2-8H,1H3. The molecule has 0 bridgehead atoms. The SMILES string of the molecule is Cc1ccc(Sc2cc(F)ccc2F)cc1. The maximum absolute atomic E-state index is 13.3. The number of benzene rings is 2. The van der Waals surface area contributed by atoms with Crippen LogP contribution in [0.2, 0.25) is 0 Å². The maximum atomic E-state index is 13.3. The molecule has 0 saturated carbocycles. The summed E-state index contributed by atoms with van der Waals surface area (Å²) in [5.74, 6) is -0.817. The van der Waals surface area contributed by atoms with Gasteiger partial charge in [0.05, 0.1) is 4.90 Å². The summed E-state index contributed by atoms with van der Waals surface area (Å²) in [4.78, 5) is 1.21. The van der Waals surface area contributed by atoms with Crippen LogP contribution in [0.15, 0.2) is 52.3 Å². The van der Waals surface area contributed by atoms with Gasteiger partial charge in [0, 0.05) is 4.90 Å². The molecule has 0 N–H and O–H groups in total. The van der Waals surface area contributed by atoms with Crippen LogP contribution in [0.5, 0.6) is 0 Å². The Kier molecular flexibility index (Phi) is 3.25. The molecule has 3 heteroatoms. The van der Waals surface area contributed by atoms with E-state index in [4.69, 9.17) is 0 Å². The minimum atomic E-state index is -0.420. The van der Waals surface area contributed by atoms with E-state index >= 15 is 0 Å². The summed E-state index contributed by atoms with van der Waals surface area (Å²) >= 11 is 1.22. The average molecular weight is 236 g/mol. The molecule has 2 rings (SSSR count). The third-order valence-corrected chi connectivity index (χ3v) is 3.18. The summed E-state index contributed by atoms with van der Waals surface area (Å²) < 4.78 is 26.3. The fraction of sp³-hybridized carbons (Fsp3) is 0.0769. The number of hydrogen-bond donors (Lipinski definition) is 0. The minimum Gasteiger partial charge on any atom is -0.207 e. The lowest BCUT2D eigenvalue weighted by atomic mass is 10.2. The molecule has 0 amide bonds. The lowest BCUT2D eigenvalue weighted by Crippen LogP contribution is -1.83. The molecule has 0 unspecified atom stereocenters. The molecule has 82 valence electrons. The Bertz CT molecular complexity index is 492. The number of hydrogen-bond acceptors (Lipinski definition) is 1. The predicted molar refractivity (Wildman–Crippen MR) is 61.7 cm³/mol. The van der Waals surface area contributed by atoms with Crippen molar-refractivity contribution in [3.05, 3.63) is 59.7 Å². The molecule has 0 aliphatic carbocycles. The van der Waals surface area contributed by atoms with Crippen LogP contribution in [-0.4, -0.2) is 0 Å². The monoisotopic (exact) mass is 236 g/mol. The fourth-order valence-corrected chi connectivity index (χ4v) is 2.15. The fourth-order valence-electron chi connectivity index (χ4n) is 1.29. The molecule has 2 aromatic rings. The number of halogens is 2. The molecular formula is C13H10F2S. The molecule has 0 aromatic heterocycles. The summed E-state index contributed by atoms with van der Waals surface area (Å²) in [6.45, 7) is 1.98. The van der Waals surface area contributed by atoms with Crippen LogP contribution in [0.25, 0.3) is 0 Å². The van der Waals surface area contributed by atoms with Crippen molar-refractivity contribution in [2.24, 2.45) is 0 Å². The average Bonchev–Trinajstić information content (AvgIpc) is 2.27. The zero-order valence-electron chi connectivity index (χ0n) is 8.71. The van der Waals surface area contributed by atoms with Crippen molar-refractivity contribution in [3.8, 4) is 0 Å². The topological polar surface area (TPSA) is 0 Å². The highest BCUT2D eigenvalue weighted by atomic mass is 32.2. The Morgan fingerprint density at radius 2 is 1.62 bits per heavy atom. The molecular weight excluding hydrogens is 226 g/mol. The van der Waals surface area contributed by atoms with Crippen molar-refractivity contribution in [2.75, 3.05) is 0 Å². The summed E-state index contributed by atoms with van der Waals surface area (Å²) in [7, 11) is 0. The molecule has 2 aromatic carbocycles. The van der Waals surface area contributed by atoms with Crippen LogP contribution in [0.4, 0.5) is 8.78 Å². The van der Waals surface area contributed by atoms with Crippen molar-refractivity contribution >= 4 is 11.8 Å². The van der Waals surface area contributed by atoms with E-state index in [2.05, 4.69) is 0 Å². The van der Waals surface area contributed by atoms with Crippen molar-refractivity contribution in [3.63, 3.8) is 0 Å². The van der Waals surface area contributed by atoms with Crippen LogP contribution in [-0.2, 0) is 0 Å². The Balaban J connectivity index is 2.26. The quantitative estimate of drug-likeness (QED) is 0.743. The zero-order valence-corrected chi connectivity index (χ0v) is 9.52. The molecule has 0 atom stereocenters. The lowest BCUT2D eigenvalue weighted by Gasteiger charge is -2.03. The van der Waals surface area contributed by atoms with Crippen molar-refractivity contribution < 1.29 is 8.78 Å². The first-order chi connectivity index (χ1) is 7.65. The lowest BCUT2D eigenvalue weighted by molar-refractivity contribution is 0.577. The van der Waals surface area contributed by atoms with Gasteiger partial charge in [-0.3, -0.25) is 0 Å². The minimum absolute atomic E-state index is 0.309. The molecule has 16 heavy (non-hydrogen) atoms. The van der Waals surface area contributed by atoms with Gasteiger partial charge >= 0.3 is 0 Å². The summed E-state index contributed by atoms with van der Waals surface area (Å²) in [5.41, 5.74) is 1.14. The molecule has 0 aliphatic heterocycles. The van der Waals surface area contributed by atoms with Crippen molar-refractivity contribution in [1.82, 2.24) is 0 Å². The van der Waals surface area contributed by atoms with Gasteiger partial charge < -0.3 is 0 Å². The largest absolute Gasteiger partial charge is 0.207 e. The summed E-state index contributed by atoms with van der Waals surface area (Å²) in [5, 5.41) is 0. The second-order valence-corrected chi connectivity index (χ2v) is 4.61. The molecule has 0 radical (unpaired) electrons. The van der Waals surface area contributed by atoms with Gasteiger partial charge in [-0.1, -0.05) is 29.5 Å².